The molecule has 1 amide bonds. The van der Waals surface area contributed by atoms with Crippen molar-refractivity contribution in [3.05, 3.63) is 30.1 Å². The first-order chi connectivity index (χ1) is 12.8. The lowest BCUT2D eigenvalue weighted by Crippen LogP contribution is -2.26. The molecule has 1 N–H and O–H groups in total. The number of carbonyl (C=O) groups is 1. The van der Waals surface area contributed by atoms with Crippen molar-refractivity contribution in [2.45, 2.75) is 77.7 Å². The normalized spacial score (nSPS) is 14.0. The lowest BCUT2D eigenvalue weighted by atomic mass is 10.1. The van der Waals surface area contributed by atoms with Gasteiger partial charge in [0.1, 0.15) is 5.82 Å². The van der Waals surface area contributed by atoms with E-state index < -0.39 is 0 Å². The number of carbonyl (C=O) groups excluding carboxylic acids is 1. The number of fused-ring (bicyclic) bond motifs is 1. The molecule has 1 heterocycles. The highest BCUT2D eigenvalue weighted by Gasteiger charge is 2.28. The summed E-state index contributed by atoms with van der Waals surface area (Å²) in [6.07, 6.45) is 11.9. The van der Waals surface area contributed by atoms with Crippen LogP contribution in [-0.2, 0) is 17.8 Å². The molecule has 2 aromatic rings. The van der Waals surface area contributed by atoms with E-state index in [9.17, 15) is 4.79 Å². The summed E-state index contributed by atoms with van der Waals surface area (Å²) in [5.41, 5.74) is 2.34. The molecule has 1 aromatic heterocycles. The summed E-state index contributed by atoms with van der Waals surface area (Å²) < 4.78 is 2.40. The van der Waals surface area contributed by atoms with Gasteiger partial charge in [0.25, 0.3) is 0 Å². The van der Waals surface area contributed by atoms with Crippen LogP contribution in [-0.4, -0.2) is 22.0 Å². The second-order valence-corrected chi connectivity index (χ2v) is 7.61. The molecule has 0 saturated heterocycles. The molecule has 1 aromatic carbocycles. The highest BCUT2D eigenvalue weighted by atomic mass is 16.2. The number of benzene rings is 1. The van der Waals surface area contributed by atoms with Gasteiger partial charge >= 0.3 is 0 Å². The molecule has 0 unspecified atom stereocenters. The SMILES string of the molecule is CCCCCCCCn1c(CCCNC(=O)C2CC2)nc2ccccc21. The summed E-state index contributed by atoms with van der Waals surface area (Å²) in [5.74, 6) is 1.71. The van der Waals surface area contributed by atoms with Gasteiger partial charge in [0.15, 0.2) is 0 Å². The Morgan fingerprint density at radius 1 is 1.12 bits per heavy atom. The van der Waals surface area contributed by atoms with Crippen LogP contribution in [0.3, 0.4) is 0 Å². The lowest BCUT2D eigenvalue weighted by Gasteiger charge is -2.10. The molecule has 0 radical (unpaired) electrons. The molecule has 0 aliphatic heterocycles. The Kier molecular flexibility index (Phi) is 7.10. The Morgan fingerprint density at radius 3 is 2.69 bits per heavy atom. The minimum atomic E-state index is 0.241. The number of nitrogens with zero attached hydrogens (tertiary/aromatic N) is 2. The molecule has 1 saturated carbocycles. The van der Waals surface area contributed by atoms with Crippen molar-refractivity contribution in [1.82, 2.24) is 14.9 Å². The number of hydrogen-bond acceptors (Lipinski definition) is 2. The zero-order valence-corrected chi connectivity index (χ0v) is 16.2. The van der Waals surface area contributed by atoms with Crippen LogP contribution in [0.2, 0.25) is 0 Å². The van der Waals surface area contributed by atoms with Crippen LogP contribution in [0, 0.1) is 5.92 Å². The Hall–Kier alpha value is -1.84. The molecule has 1 aliphatic rings. The summed E-state index contributed by atoms with van der Waals surface area (Å²) in [6.45, 7) is 4.07. The van der Waals surface area contributed by atoms with Crippen LogP contribution in [0.25, 0.3) is 11.0 Å². The van der Waals surface area contributed by atoms with Gasteiger partial charge in [0.2, 0.25) is 5.91 Å². The third-order valence-corrected chi connectivity index (χ3v) is 5.29. The van der Waals surface area contributed by atoms with Crippen LogP contribution < -0.4 is 5.32 Å². The molecular weight excluding hydrogens is 322 g/mol. The van der Waals surface area contributed by atoms with E-state index in [1.165, 1.54) is 49.9 Å². The number of aryl methyl sites for hydroxylation is 2. The number of amides is 1. The molecule has 4 nitrogen and oxygen atoms in total. The van der Waals surface area contributed by atoms with E-state index in [1.54, 1.807) is 0 Å². The third kappa shape index (κ3) is 5.33. The summed E-state index contributed by atoms with van der Waals surface area (Å²) in [4.78, 5) is 16.6. The van der Waals surface area contributed by atoms with Gasteiger partial charge in [-0.25, -0.2) is 4.98 Å². The molecule has 0 atom stereocenters. The van der Waals surface area contributed by atoms with E-state index in [1.807, 2.05) is 0 Å². The predicted octanol–water partition coefficient (Wildman–Crippen LogP) is 4.86. The first-order valence-electron chi connectivity index (χ1n) is 10.5. The average Bonchev–Trinajstić information content (AvgIpc) is 3.45. The van der Waals surface area contributed by atoms with Crippen molar-refractivity contribution in [3.63, 3.8) is 0 Å². The standard InChI is InChI=1S/C22H33N3O/c1-2-3-4-5-6-9-17-25-20-12-8-7-11-19(20)24-21(25)13-10-16-23-22(26)18-14-15-18/h7-8,11-12,18H,2-6,9-10,13-17H2,1H3,(H,23,26). The van der Waals surface area contributed by atoms with Gasteiger partial charge in [-0.1, -0.05) is 51.2 Å². The van der Waals surface area contributed by atoms with Gasteiger partial charge in [-0.2, -0.15) is 0 Å². The van der Waals surface area contributed by atoms with E-state index in [-0.39, 0.29) is 5.91 Å². The van der Waals surface area contributed by atoms with Gasteiger partial charge in [-0.15, -0.1) is 0 Å². The molecule has 26 heavy (non-hydrogen) atoms. The van der Waals surface area contributed by atoms with Crippen LogP contribution in [0.1, 0.15) is 70.5 Å². The Labute approximate surface area is 157 Å². The fraction of sp³-hybridized carbons (Fsp3) is 0.636. The number of unbranched alkanes of at least 4 members (excludes halogenated alkanes) is 5. The molecule has 0 spiro atoms. The average molecular weight is 356 g/mol. The fourth-order valence-corrected chi connectivity index (χ4v) is 3.56. The molecular formula is C22H33N3O. The van der Waals surface area contributed by atoms with Crippen molar-refractivity contribution >= 4 is 16.9 Å². The molecule has 142 valence electrons. The van der Waals surface area contributed by atoms with Gasteiger partial charge < -0.3 is 9.88 Å². The van der Waals surface area contributed by atoms with Crippen LogP contribution in [0.15, 0.2) is 24.3 Å². The zero-order chi connectivity index (χ0) is 18.2. The van der Waals surface area contributed by atoms with Crippen molar-refractivity contribution in [3.8, 4) is 0 Å². The molecule has 1 aliphatic carbocycles. The number of hydrogen-bond donors (Lipinski definition) is 1. The summed E-state index contributed by atoms with van der Waals surface area (Å²) in [6, 6.07) is 8.44. The summed E-state index contributed by atoms with van der Waals surface area (Å²) in [7, 11) is 0. The second kappa shape index (κ2) is 9.75. The topological polar surface area (TPSA) is 46.9 Å². The van der Waals surface area contributed by atoms with Crippen LogP contribution >= 0.6 is 0 Å². The largest absolute Gasteiger partial charge is 0.356 e. The minimum Gasteiger partial charge on any atom is -0.356 e. The molecule has 3 rings (SSSR count). The maximum Gasteiger partial charge on any atom is 0.223 e. The van der Waals surface area contributed by atoms with Crippen molar-refractivity contribution < 1.29 is 4.79 Å². The smallest absolute Gasteiger partial charge is 0.223 e. The number of nitrogens with one attached hydrogen (secondary N) is 1. The number of para-hydroxylation sites is 2. The van der Waals surface area contributed by atoms with Gasteiger partial charge in [-0.3, -0.25) is 4.79 Å². The monoisotopic (exact) mass is 355 g/mol. The zero-order valence-electron chi connectivity index (χ0n) is 16.2. The van der Waals surface area contributed by atoms with Crippen molar-refractivity contribution in [2.75, 3.05) is 6.54 Å². The van der Waals surface area contributed by atoms with E-state index in [4.69, 9.17) is 4.98 Å². The number of imidazole rings is 1. The summed E-state index contributed by atoms with van der Waals surface area (Å²) >= 11 is 0. The Balaban J connectivity index is 1.52. The van der Waals surface area contributed by atoms with E-state index in [0.29, 0.717) is 5.92 Å². The molecule has 1 fully saturated rings. The first kappa shape index (κ1) is 18.9. The fourth-order valence-electron chi connectivity index (χ4n) is 3.56. The van der Waals surface area contributed by atoms with E-state index >= 15 is 0 Å². The van der Waals surface area contributed by atoms with Gasteiger partial charge in [0, 0.05) is 25.4 Å². The molecule has 0 bridgehead atoms. The second-order valence-electron chi connectivity index (χ2n) is 7.61. The highest BCUT2D eigenvalue weighted by molar-refractivity contribution is 5.80. The van der Waals surface area contributed by atoms with Crippen molar-refractivity contribution in [2.24, 2.45) is 5.92 Å². The lowest BCUT2D eigenvalue weighted by molar-refractivity contribution is -0.122. The summed E-state index contributed by atoms with van der Waals surface area (Å²) in [5, 5.41) is 3.06. The highest BCUT2D eigenvalue weighted by Crippen LogP contribution is 2.28. The van der Waals surface area contributed by atoms with Crippen LogP contribution in [0.5, 0.6) is 0 Å². The van der Waals surface area contributed by atoms with Gasteiger partial charge in [-0.05, 0) is 37.8 Å². The predicted molar refractivity (Wildman–Crippen MR) is 107 cm³/mol. The maximum atomic E-state index is 11.7. The first-order valence-corrected chi connectivity index (χ1v) is 10.5. The van der Waals surface area contributed by atoms with Crippen LogP contribution in [0.4, 0.5) is 0 Å². The van der Waals surface area contributed by atoms with Gasteiger partial charge in [0.05, 0.1) is 11.0 Å². The molecule has 4 heteroatoms. The minimum absolute atomic E-state index is 0.241. The third-order valence-electron chi connectivity index (χ3n) is 5.29. The Morgan fingerprint density at radius 2 is 1.88 bits per heavy atom. The number of aromatic nitrogens is 2. The van der Waals surface area contributed by atoms with E-state index in [0.717, 1.165) is 44.3 Å². The quantitative estimate of drug-likeness (QED) is 0.553. The number of rotatable bonds is 12. The Bertz CT molecular complexity index is 702. The van der Waals surface area contributed by atoms with E-state index in [2.05, 4.69) is 41.1 Å². The maximum absolute atomic E-state index is 11.7. The van der Waals surface area contributed by atoms with Crippen molar-refractivity contribution in [1.29, 1.82) is 0 Å².